The normalized spacial score (nSPS) is 12.6. The van der Waals surface area contributed by atoms with Crippen LogP contribution in [0.1, 0.15) is 12.5 Å². The number of benzene rings is 1. The van der Waals surface area contributed by atoms with E-state index in [9.17, 15) is 4.79 Å². The molecule has 0 aromatic heterocycles. The minimum absolute atomic E-state index is 0.0321. The van der Waals surface area contributed by atoms with Crippen molar-refractivity contribution in [1.82, 2.24) is 4.90 Å². The quantitative estimate of drug-likeness (QED) is 0.859. The van der Waals surface area contributed by atoms with Crippen molar-refractivity contribution in [2.75, 3.05) is 25.5 Å². The maximum absolute atomic E-state index is 12.0. The first-order chi connectivity index (χ1) is 8.45. The minimum Gasteiger partial charge on any atom is -0.395 e. The molecular formula is C13H19ClN2O2. The lowest BCUT2D eigenvalue weighted by atomic mass is 10.2. The van der Waals surface area contributed by atoms with Gasteiger partial charge in [0.05, 0.1) is 12.6 Å². The standard InChI is InChI=1S/C13H19ClN2O2/c1-9-4-5-11(14)8-12(9)15-13(18)10(2)16(3)6-7-17/h4-5,8,10,17H,6-7H2,1-3H3,(H,15,18). The van der Waals surface area contributed by atoms with Gasteiger partial charge in [-0.3, -0.25) is 9.69 Å². The average molecular weight is 271 g/mol. The summed E-state index contributed by atoms with van der Waals surface area (Å²) < 4.78 is 0. The van der Waals surface area contributed by atoms with Crippen molar-refractivity contribution in [3.8, 4) is 0 Å². The van der Waals surface area contributed by atoms with Crippen LogP contribution in [0, 0.1) is 6.92 Å². The second-order valence-electron chi connectivity index (χ2n) is 4.33. The van der Waals surface area contributed by atoms with E-state index in [-0.39, 0.29) is 18.6 Å². The molecule has 100 valence electrons. The Morgan fingerprint density at radius 1 is 1.56 bits per heavy atom. The predicted octanol–water partition coefficient (Wildman–Crippen LogP) is 1.90. The summed E-state index contributed by atoms with van der Waals surface area (Å²) in [6.45, 7) is 4.20. The van der Waals surface area contributed by atoms with E-state index in [1.807, 2.05) is 13.0 Å². The molecule has 0 spiro atoms. The third kappa shape index (κ3) is 3.98. The Labute approximate surface area is 113 Å². The predicted molar refractivity (Wildman–Crippen MR) is 74.0 cm³/mol. The molecule has 1 aromatic rings. The lowest BCUT2D eigenvalue weighted by Crippen LogP contribution is -2.41. The molecule has 0 fully saturated rings. The molecule has 5 heteroatoms. The number of hydrogen-bond acceptors (Lipinski definition) is 3. The van der Waals surface area contributed by atoms with Gasteiger partial charge in [0, 0.05) is 17.3 Å². The first-order valence-corrected chi connectivity index (χ1v) is 6.21. The molecule has 18 heavy (non-hydrogen) atoms. The van der Waals surface area contributed by atoms with Gasteiger partial charge in [0.1, 0.15) is 0 Å². The third-order valence-corrected chi connectivity index (χ3v) is 3.19. The SMILES string of the molecule is Cc1ccc(Cl)cc1NC(=O)C(C)N(C)CCO. The van der Waals surface area contributed by atoms with E-state index in [4.69, 9.17) is 16.7 Å². The van der Waals surface area contributed by atoms with Crippen LogP contribution in [0.5, 0.6) is 0 Å². The highest BCUT2D eigenvalue weighted by atomic mass is 35.5. The van der Waals surface area contributed by atoms with Gasteiger partial charge in [-0.1, -0.05) is 17.7 Å². The smallest absolute Gasteiger partial charge is 0.241 e. The molecule has 0 radical (unpaired) electrons. The molecule has 0 saturated carbocycles. The Bertz CT molecular complexity index is 423. The molecule has 0 heterocycles. The number of likely N-dealkylation sites (N-methyl/N-ethyl adjacent to an activating group) is 1. The number of aliphatic hydroxyl groups is 1. The monoisotopic (exact) mass is 270 g/mol. The summed E-state index contributed by atoms with van der Waals surface area (Å²) in [5.74, 6) is -0.115. The first kappa shape index (κ1) is 15.0. The van der Waals surface area contributed by atoms with E-state index >= 15 is 0 Å². The fraction of sp³-hybridized carbons (Fsp3) is 0.462. The zero-order chi connectivity index (χ0) is 13.7. The zero-order valence-corrected chi connectivity index (χ0v) is 11.7. The molecular weight excluding hydrogens is 252 g/mol. The summed E-state index contributed by atoms with van der Waals surface area (Å²) in [7, 11) is 1.80. The van der Waals surface area contributed by atoms with Gasteiger partial charge in [-0.25, -0.2) is 0 Å². The molecule has 1 aromatic carbocycles. The van der Waals surface area contributed by atoms with Gasteiger partial charge in [-0.15, -0.1) is 0 Å². The Morgan fingerprint density at radius 2 is 2.22 bits per heavy atom. The number of carbonyl (C=O) groups is 1. The molecule has 4 nitrogen and oxygen atoms in total. The number of hydrogen-bond donors (Lipinski definition) is 2. The highest BCUT2D eigenvalue weighted by Crippen LogP contribution is 2.20. The molecule has 1 amide bonds. The third-order valence-electron chi connectivity index (χ3n) is 2.95. The minimum atomic E-state index is -0.310. The molecule has 1 atom stereocenters. The summed E-state index contributed by atoms with van der Waals surface area (Å²) in [5, 5.41) is 12.3. The highest BCUT2D eigenvalue weighted by molar-refractivity contribution is 6.31. The zero-order valence-electron chi connectivity index (χ0n) is 10.9. The fourth-order valence-electron chi connectivity index (χ4n) is 1.52. The number of nitrogens with zero attached hydrogens (tertiary/aromatic N) is 1. The first-order valence-electron chi connectivity index (χ1n) is 5.84. The van der Waals surface area contributed by atoms with Crippen molar-refractivity contribution in [2.24, 2.45) is 0 Å². The number of nitrogens with one attached hydrogen (secondary N) is 1. The van der Waals surface area contributed by atoms with Crippen LogP contribution in [0.3, 0.4) is 0 Å². The summed E-state index contributed by atoms with van der Waals surface area (Å²) in [6, 6.07) is 5.07. The summed E-state index contributed by atoms with van der Waals surface area (Å²) in [5.41, 5.74) is 1.68. The van der Waals surface area contributed by atoms with Gasteiger partial charge in [-0.2, -0.15) is 0 Å². The van der Waals surface area contributed by atoms with Crippen LogP contribution >= 0.6 is 11.6 Å². The topological polar surface area (TPSA) is 52.6 Å². The van der Waals surface area contributed by atoms with Crippen molar-refractivity contribution >= 4 is 23.2 Å². The van der Waals surface area contributed by atoms with Crippen molar-refractivity contribution in [3.63, 3.8) is 0 Å². The van der Waals surface area contributed by atoms with Crippen molar-refractivity contribution < 1.29 is 9.90 Å². The van der Waals surface area contributed by atoms with Crippen LogP contribution in [-0.4, -0.2) is 42.2 Å². The maximum atomic E-state index is 12.0. The van der Waals surface area contributed by atoms with Gasteiger partial charge < -0.3 is 10.4 Å². The number of carbonyl (C=O) groups excluding carboxylic acids is 1. The van der Waals surface area contributed by atoms with Crippen LogP contribution < -0.4 is 5.32 Å². The van der Waals surface area contributed by atoms with Crippen LogP contribution in [0.25, 0.3) is 0 Å². The molecule has 0 aliphatic heterocycles. The molecule has 0 saturated heterocycles. The summed E-state index contributed by atoms with van der Waals surface area (Å²) in [4.78, 5) is 13.8. The van der Waals surface area contributed by atoms with E-state index in [0.29, 0.717) is 11.6 Å². The van der Waals surface area contributed by atoms with Crippen LogP contribution in [-0.2, 0) is 4.79 Å². The van der Waals surface area contributed by atoms with Crippen molar-refractivity contribution in [3.05, 3.63) is 28.8 Å². The summed E-state index contributed by atoms with van der Waals surface area (Å²) in [6.07, 6.45) is 0. The van der Waals surface area contributed by atoms with Gasteiger partial charge in [0.25, 0.3) is 0 Å². The van der Waals surface area contributed by atoms with Gasteiger partial charge in [0.15, 0.2) is 0 Å². The maximum Gasteiger partial charge on any atom is 0.241 e. The van der Waals surface area contributed by atoms with Crippen molar-refractivity contribution in [2.45, 2.75) is 19.9 Å². The Kier molecular flexibility index (Phi) is 5.59. The van der Waals surface area contributed by atoms with Crippen LogP contribution in [0.2, 0.25) is 5.02 Å². The molecule has 0 aliphatic rings. The lowest BCUT2D eigenvalue weighted by Gasteiger charge is -2.23. The van der Waals surface area contributed by atoms with Crippen molar-refractivity contribution in [1.29, 1.82) is 0 Å². The molecule has 1 unspecified atom stereocenters. The Hall–Kier alpha value is -1.10. The van der Waals surface area contributed by atoms with Gasteiger partial charge in [-0.05, 0) is 38.6 Å². The molecule has 0 bridgehead atoms. The lowest BCUT2D eigenvalue weighted by molar-refractivity contribution is -0.120. The number of rotatable bonds is 5. The number of halogens is 1. The number of amides is 1. The van der Waals surface area contributed by atoms with E-state index in [2.05, 4.69) is 5.32 Å². The Balaban J connectivity index is 2.72. The molecule has 1 rings (SSSR count). The van der Waals surface area contributed by atoms with Gasteiger partial charge in [0.2, 0.25) is 5.91 Å². The van der Waals surface area contributed by atoms with E-state index in [1.165, 1.54) is 0 Å². The number of aliphatic hydroxyl groups excluding tert-OH is 1. The fourth-order valence-corrected chi connectivity index (χ4v) is 1.69. The van der Waals surface area contributed by atoms with E-state index in [0.717, 1.165) is 11.3 Å². The number of anilines is 1. The average Bonchev–Trinajstić information content (AvgIpc) is 2.33. The van der Waals surface area contributed by atoms with E-state index in [1.54, 1.807) is 31.0 Å². The van der Waals surface area contributed by atoms with Crippen LogP contribution in [0.15, 0.2) is 18.2 Å². The molecule has 0 aliphatic carbocycles. The van der Waals surface area contributed by atoms with E-state index < -0.39 is 0 Å². The largest absolute Gasteiger partial charge is 0.395 e. The van der Waals surface area contributed by atoms with Crippen LogP contribution in [0.4, 0.5) is 5.69 Å². The second kappa shape index (κ2) is 6.73. The number of aryl methyl sites for hydroxylation is 1. The Morgan fingerprint density at radius 3 is 2.83 bits per heavy atom. The second-order valence-corrected chi connectivity index (χ2v) is 4.77. The highest BCUT2D eigenvalue weighted by Gasteiger charge is 2.18. The molecule has 2 N–H and O–H groups in total. The summed E-state index contributed by atoms with van der Waals surface area (Å²) >= 11 is 5.90. The van der Waals surface area contributed by atoms with Gasteiger partial charge >= 0.3 is 0 Å².